The molecule has 1 fully saturated rings. The maximum atomic E-state index is 13.1. The third kappa shape index (κ3) is 4.22. The van der Waals surface area contributed by atoms with Crippen LogP contribution in [-0.2, 0) is 6.42 Å². The SMILES string of the molecule is CCc1ccccc1NC(=O)N1CCCCC[C@H]1c1ccc(C)cc1. The van der Waals surface area contributed by atoms with Gasteiger partial charge in [0.25, 0.3) is 0 Å². The second kappa shape index (κ2) is 8.19. The Morgan fingerprint density at radius 2 is 1.84 bits per heavy atom. The number of nitrogens with one attached hydrogen (secondary N) is 1. The first kappa shape index (κ1) is 17.5. The lowest BCUT2D eigenvalue weighted by Crippen LogP contribution is -2.38. The molecule has 3 nitrogen and oxygen atoms in total. The van der Waals surface area contributed by atoms with Crippen molar-refractivity contribution in [2.24, 2.45) is 0 Å². The Kier molecular flexibility index (Phi) is 5.75. The minimum Gasteiger partial charge on any atom is -0.317 e. The molecule has 25 heavy (non-hydrogen) atoms. The van der Waals surface area contributed by atoms with Gasteiger partial charge >= 0.3 is 6.03 Å². The van der Waals surface area contributed by atoms with E-state index in [4.69, 9.17) is 0 Å². The highest BCUT2D eigenvalue weighted by Crippen LogP contribution is 2.31. The number of aryl methyl sites for hydroxylation is 2. The number of anilines is 1. The first-order valence-corrected chi connectivity index (χ1v) is 9.41. The topological polar surface area (TPSA) is 32.3 Å². The number of para-hydroxylation sites is 1. The summed E-state index contributed by atoms with van der Waals surface area (Å²) >= 11 is 0. The lowest BCUT2D eigenvalue weighted by atomic mass is 10.00. The van der Waals surface area contributed by atoms with Crippen molar-refractivity contribution < 1.29 is 4.79 Å². The Balaban J connectivity index is 1.83. The molecule has 1 heterocycles. The summed E-state index contributed by atoms with van der Waals surface area (Å²) in [6, 6.07) is 16.9. The predicted octanol–water partition coefficient (Wildman–Crippen LogP) is 5.71. The quantitative estimate of drug-likeness (QED) is 0.765. The minimum absolute atomic E-state index is 0.0216. The number of benzene rings is 2. The largest absolute Gasteiger partial charge is 0.322 e. The van der Waals surface area contributed by atoms with Gasteiger partial charge in [-0.05, 0) is 43.4 Å². The van der Waals surface area contributed by atoms with Gasteiger partial charge in [0.05, 0.1) is 6.04 Å². The number of likely N-dealkylation sites (tertiary alicyclic amines) is 1. The second-order valence-corrected chi connectivity index (χ2v) is 6.91. The van der Waals surface area contributed by atoms with E-state index in [-0.39, 0.29) is 12.1 Å². The van der Waals surface area contributed by atoms with E-state index in [9.17, 15) is 4.79 Å². The molecule has 0 aromatic heterocycles. The summed E-state index contributed by atoms with van der Waals surface area (Å²) in [5, 5.41) is 3.16. The van der Waals surface area contributed by atoms with Crippen molar-refractivity contribution >= 4 is 11.7 Å². The summed E-state index contributed by atoms with van der Waals surface area (Å²) < 4.78 is 0. The van der Waals surface area contributed by atoms with E-state index >= 15 is 0 Å². The van der Waals surface area contributed by atoms with Gasteiger partial charge < -0.3 is 10.2 Å². The highest BCUT2D eigenvalue weighted by Gasteiger charge is 2.27. The van der Waals surface area contributed by atoms with Crippen molar-refractivity contribution in [3.8, 4) is 0 Å². The highest BCUT2D eigenvalue weighted by molar-refractivity contribution is 5.90. The van der Waals surface area contributed by atoms with Gasteiger partial charge in [-0.2, -0.15) is 0 Å². The van der Waals surface area contributed by atoms with E-state index in [0.717, 1.165) is 31.5 Å². The molecule has 0 spiro atoms. The Hall–Kier alpha value is -2.29. The van der Waals surface area contributed by atoms with Crippen LogP contribution in [0.15, 0.2) is 48.5 Å². The molecule has 0 saturated carbocycles. The molecule has 3 rings (SSSR count). The zero-order chi connectivity index (χ0) is 17.6. The maximum Gasteiger partial charge on any atom is 0.322 e. The molecule has 1 saturated heterocycles. The molecule has 1 aliphatic heterocycles. The summed E-state index contributed by atoms with van der Waals surface area (Å²) in [7, 11) is 0. The van der Waals surface area contributed by atoms with Gasteiger partial charge in [0.15, 0.2) is 0 Å². The van der Waals surface area contributed by atoms with Gasteiger partial charge in [-0.1, -0.05) is 67.8 Å². The Bertz CT molecular complexity index is 708. The second-order valence-electron chi connectivity index (χ2n) is 6.91. The number of rotatable bonds is 3. The number of amides is 2. The standard InChI is InChI=1S/C22H28N2O/c1-3-18-9-6-7-10-20(18)23-22(25)24-16-8-4-5-11-21(24)19-14-12-17(2)13-15-19/h6-7,9-10,12-15,21H,3-5,8,11,16H2,1-2H3,(H,23,25)/t21-/m0/s1. The third-order valence-electron chi connectivity index (χ3n) is 5.12. The monoisotopic (exact) mass is 336 g/mol. The molecule has 1 atom stereocenters. The van der Waals surface area contributed by atoms with Crippen LogP contribution in [-0.4, -0.2) is 17.5 Å². The van der Waals surface area contributed by atoms with Crippen molar-refractivity contribution in [3.05, 3.63) is 65.2 Å². The fourth-order valence-electron chi connectivity index (χ4n) is 3.62. The van der Waals surface area contributed by atoms with Crippen LogP contribution in [0.1, 0.15) is 55.3 Å². The van der Waals surface area contributed by atoms with Crippen LogP contribution in [0.2, 0.25) is 0 Å². The van der Waals surface area contributed by atoms with E-state index in [1.54, 1.807) is 0 Å². The van der Waals surface area contributed by atoms with Crippen LogP contribution >= 0.6 is 0 Å². The Morgan fingerprint density at radius 1 is 1.08 bits per heavy atom. The molecule has 1 N–H and O–H groups in total. The molecule has 0 aliphatic carbocycles. The predicted molar refractivity (Wildman–Crippen MR) is 104 cm³/mol. The molecule has 132 valence electrons. The van der Waals surface area contributed by atoms with Crippen molar-refractivity contribution in [1.29, 1.82) is 0 Å². The van der Waals surface area contributed by atoms with E-state index in [0.29, 0.717) is 0 Å². The van der Waals surface area contributed by atoms with E-state index in [1.165, 1.54) is 29.5 Å². The van der Waals surface area contributed by atoms with E-state index in [1.807, 2.05) is 23.1 Å². The molecule has 2 aromatic rings. The fraction of sp³-hybridized carbons (Fsp3) is 0.409. The fourth-order valence-corrected chi connectivity index (χ4v) is 3.62. The van der Waals surface area contributed by atoms with Crippen LogP contribution in [0.3, 0.4) is 0 Å². The molecule has 2 amide bonds. The third-order valence-corrected chi connectivity index (χ3v) is 5.12. The average molecular weight is 336 g/mol. The van der Waals surface area contributed by atoms with Gasteiger partial charge in [-0.3, -0.25) is 0 Å². The van der Waals surface area contributed by atoms with Crippen molar-refractivity contribution in [2.45, 2.75) is 52.0 Å². The van der Waals surface area contributed by atoms with Crippen molar-refractivity contribution in [3.63, 3.8) is 0 Å². The molecule has 3 heteroatoms. The molecule has 0 bridgehead atoms. The smallest absolute Gasteiger partial charge is 0.317 e. The van der Waals surface area contributed by atoms with Crippen LogP contribution < -0.4 is 5.32 Å². The van der Waals surface area contributed by atoms with E-state index < -0.39 is 0 Å². The lowest BCUT2D eigenvalue weighted by Gasteiger charge is -2.31. The van der Waals surface area contributed by atoms with Crippen LogP contribution in [0.5, 0.6) is 0 Å². The van der Waals surface area contributed by atoms with Gasteiger partial charge in [0, 0.05) is 12.2 Å². The number of urea groups is 1. The minimum atomic E-state index is 0.0216. The van der Waals surface area contributed by atoms with Crippen molar-refractivity contribution in [1.82, 2.24) is 4.90 Å². The molecular formula is C22H28N2O. The highest BCUT2D eigenvalue weighted by atomic mass is 16.2. The molecule has 1 aliphatic rings. The molecule has 0 unspecified atom stereocenters. The number of carbonyl (C=O) groups is 1. The van der Waals surface area contributed by atoms with Crippen molar-refractivity contribution in [2.75, 3.05) is 11.9 Å². The van der Waals surface area contributed by atoms with Gasteiger partial charge in [0.1, 0.15) is 0 Å². The van der Waals surface area contributed by atoms with Crippen LogP contribution in [0.4, 0.5) is 10.5 Å². The zero-order valence-electron chi connectivity index (χ0n) is 15.3. The first-order valence-electron chi connectivity index (χ1n) is 9.41. The number of carbonyl (C=O) groups excluding carboxylic acids is 1. The number of hydrogen-bond donors (Lipinski definition) is 1. The Morgan fingerprint density at radius 3 is 2.60 bits per heavy atom. The molecule has 0 radical (unpaired) electrons. The number of nitrogens with zero attached hydrogens (tertiary/aromatic N) is 1. The normalized spacial score (nSPS) is 17.8. The zero-order valence-corrected chi connectivity index (χ0v) is 15.3. The summed E-state index contributed by atoms with van der Waals surface area (Å²) in [5.41, 5.74) is 4.61. The number of hydrogen-bond acceptors (Lipinski definition) is 1. The van der Waals surface area contributed by atoms with Gasteiger partial charge in [-0.25, -0.2) is 4.79 Å². The van der Waals surface area contributed by atoms with Gasteiger partial charge in [0.2, 0.25) is 0 Å². The summed E-state index contributed by atoms with van der Waals surface area (Å²) in [4.78, 5) is 15.1. The average Bonchev–Trinajstić information content (AvgIpc) is 2.89. The first-order chi connectivity index (χ1) is 12.2. The summed E-state index contributed by atoms with van der Waals surface area (Å²) in [5.74, 6) is 0. The van der Waals surface area contributed by atoms with Crippen LogP contribution in [0.25, 0.3) is 0 Å². The summed E-state index contributed by atoms with van der Waals surface area (Å²) in [6.45, 7) is 5.04. The summed E-state index contributed by atoms with van der Waals surface area (Å²) in [6.07, 6.45) is 5.39. The van der Waals surface area contributed by atoms with Gasteiger partial charge in [-0.15, -0.1) is 0 Å². The molecule has 2 aromatic carbocycles. The maximum absolute atomic E-state index is 13.1. The van der Waals surface area contributed by atoms with Crippen LogP contribution in [0, 0.1) is 6.92 Å². The molecular weight excluding hydrogens is 308 g/mol. The van der Waals surface area contributed by atoms with E-state index in [2.05, 4.69) is 49.5 Å². The lowest BCUT2D eigenvalue weighted by molar-refractivity contribution is 0.189. The Labute approximate surface area is 151 Å².